The maximum Gasteiger partial charge on any atom is 0.254 e. The summed E-state index contributed by atoms with van der Waals surface area (Å²) < 4.78 is 0. The van der Waals surface area contributed by atoms with Gasteiger partial charge in [0.15, 0.2) is 0 Å². The van der Waals surface area contributed by atoms with E-state index in [9.17, 15) is 4.79 Å². The molecule has 0 atom stereocenters. The summed E-state index contributed by atoms with van der Waals surface area (Å²) in [5, 5.41) is 0. The van der Waals surface area contributed by atoms with Gasteiger partial charge >= 0.3 is 0 Å². The molecular weight excluding hydrogens is 218 g/mol. The second-order valence-electron chi connectivity index (χ2n) is 4.50. The third-order valence-electron chi connectivity index (χ3n) is 3.39. The number of hydrogen-bond acceptors (Lipinski definition) is 2. The molecule has 1 amide bonds. The lowest BCUT2D eigenvalue weighted by atomic mass is 9.91. The minimum atomic E-state index is 0.123. The maximum atomic E-state index is 12.2. The fourth-order valence-electron chi connectivity index (χ4n) is 1.97. The molecule has 0 aliphatic heterocycles. The Labute approximate surface area is 102 Å². The molecule has 16 heavy (non-hydrogen) atoms. The standard InChI is InChI=1S/C13H17NOS/c1-9-6-7-11(16)8-12(9)13(15)14(2)10-4-3-5-10/h6-8,10,16H,3-5H2,1-2H3. The maximum absolute atomic E-state index is 12.2. The van der Waals surface area contributed by atoms with Crippen LogP contribution in [0.15, 0.2) is 23.1 Å². The lowest BCUT2D eigenvalue weighted by Gasteiger charge is -2.35. The Bertz CT molecular complexity index is 412. The van der Waals surface area contributed by atoms with E-state index in [1.165, 1.54) is 6.42 Å². The second-order valence-corrected chi connectivity index (χ2v) is 5.02. The van der Waals surface area contributed by atoms with Crippen molar-refractivity contribution in [1.29, 1.82) is 0 Å². The first-order valence-electron chi connectivity index (χ1n) is 5.66. The molecule has 2 nitrogen and oxygen atoms in total. The Morgan fingerprint density at radius 3 is 2.69 bits per heavy atom. The zero-order chi connectivity index (χ0) is 11.7. The van der Waals surface area contributed by atoms with Crippen molar-refractivity contribution in [3.05, 3.63) is 29.3 Å². The molecule has 0 radical (unpaired) electrons. The van der Waals surface area contributed by atoms with Crippen molar-refractivity contribution in [1.82, 2.24) is 4.90 Å². The van der Waals surface area contributed by atoms with Crippen LogP contribution in [0.25, 0.3) is 0 Å². The largest absolute Gasteiger partial charge is 0.339 e. The summed E-state index contributed by atoms with van der Waals surface area (Å²) in [7, 11) is 1.90. The molecule has 1 aromatic carbocycles. The van der Waals surface area contributed by atoms with E-state index in [1.807, 2.05) is 37.1 Å². The fourth-order valence-corrected chi connectivity index (χ4v) is 2.17. The van der Waals surface area contributed by atoms with Crippen LogP contribution >= 0.6 is 12.6 Å². The van der Waals surface area contributed by atoms with Gasteiger partial charge in [-0.2, -0.15) is 0 Å². The summed E-state index contributed by atoms with van der Waals surface area (Å²) in [6.07, 6.45) is 3.53. The molecule has 1 saturated carbocycles. The Kier molecular flexibility index (Phi) is 3.24. The van der Waals surface area contributed by atoms with Crippen LogP contribution in [0.2, 0.25) is 0 Å². The van der Waals surface area contributed by atoms with Gasteiger partial charge in [-0.1, -0.05) is 6.07 Å². The van der Waals surface area contributed by atoms with Crippen LogP contribution in [0.4, 0.5) is 0 Å². The highest BCUT2D eigenvalue weighted by atomic mass is 32.1. The summed E-state index contributed by atoms with van der Waals surface area (Å²) in [5.41, 5.74) is 1.80. The Balaban J connectivity index is 2.22. The highest BCUT2D eigenvalue weighted by Gasteiger charge is 2.26. The van der Waals surface area contributed by atoms with Crippen LogP contribution in [0.1, 0.15) is 35.2 Å². The number of hydrogen-bond donors (Lipinski definition) is 1. The van der Waals surface area contributed by atoms with E-state index in [-0.39, 0.29) is 5.91 Å². The minimum Gasteiger partial charge on any atom is -0.339 e. The molecule has 0 spiro atoms. The molecule has 0 aromatic heterocycles. The molecule has 0 heterocycles. The van der Waals surface area contributed by atoms with Gasteiger partial charge in [-0.25, -0.2) is 0 Å². The number of aryl methyl sites for hydroxylation is 1. The van der Waals surface area contributed by atoms with E-state index in [0.29, 0.717) is 6.04 Å². The molecule has 2 rings (SSSR count). The molecular formula is C13H17NOS. The van der Waals surface area contributed by atoms with E-state index >= 15 is 0 Å². The van der Waals surface area contributed by atoms with Gasteiger partial charge < -0.3 is 4.90 Å². The Morgan fingerprint density at radius 1 is 1.44 bits per heavy atom. The van der Waals surface area contributed by atoms with E-state index in [4.69, 9.17) is 0 Å². The summed E-state index contributed by atoms with van der Waals surface area (Å²) in [6.45, 7) is 1.97. The van der Waals surface area contributed by atoms with E-state index in [0.717, 1.165) is 28.9 Å². The molecule has 1 aliphatic rings. The predicted molar refractivity (Wildman–Crippen MR) is 68.2 cm³/mol. The molecule has 0 saturated heterocycles. The minimum absolute atomic E-state index is 0.123. The third kappa shape index (κ3) is 2.09. The van der Waals surface area contributed by atoms with Crippen molar-refractivity contribution >= 4 is 18.5 Å². The highest BCUT2D eigenvalue weighted by Crippen LogP contribution is 2.26. The topological polar surface area (TPSA) is 20.3 Å². The molecule has 1 aromatic rings. The number of benzene rings is 1. The van der Waals surface area contributed by atoms with Crippen LogP contribution in [-0.4, -0.2) is 23.9 Å². The van der Waals surface area contributed by atoms with Crippen molar-refractivity contribution in [2.24, 2.45) is 0 Å². The number of nitrogens with zero attached hydrogens (tertiary/aromatic N) is 1. The van der Waals surface area contributed by atoms with Gasteiger partial charge in [0.2, 0.25) is 0 Å². The van der Waals surface area contributed by atoms with Gasteiger partial charge in [0, 0.05) is 23.5 Å². The zero-order valence-corrected chi connectivity index (χ0v) is 10.6. The predicted octanol–water partition coefficient (Wildman–Crippen LogP) is 2.91. The van der Waals surface area contributed by atoms with Crippen molar-refractivity contribution in [3.63, 3.8) is 0 Å². The van der Waals surface area contributed by atoms with Crippen molar-refractivity contribution in [2.75, 3.05) is 7.05 Å². The average molecular weight is 235 g/mol. The number of thiol groups is 1. The number of carbonyl (C=O) groups excluding carboxylic acids is 1. The van der Waals surface area contributed by atoms with Gasteiger partial charge in [-0.05, 0) is 43.9 Å². The number of rotatable bonds is 2. The molecule has 0 bridgehead atoms. The normalized spacial score (nSPS) is 15.7. The van der Waals surface area contributed by atoms with Crippen molar-refractivity contribution in [3.8, 4) is 0 Å². The van der Waals surface area contributed by atoms with Gasteiger partial charge in [0.25, 0.3) is 5.91 Å². The summed E-state index contributed by atoms with van der Waals surface area (Å²) in [4.78, 5) is 15.0. The van der Waals surface area contributed by atoms with Crippen LogP contribution in [-0.2, 0) is 0 Å². The van der Waals surface area contributed by atoms with E-state index in [2.05, 4.69) is 12.6 Å². The molecule has 3 heteroatoms. The number of amides is 1. The van der Waals surface area contributed by atoms with Crippen LogP contribution in [0.3, 0.4) is 0 Å². The number of carbonyl (C=O) groups is 1. The SMILES string of the molecule is Cc1ccc(S)cc1C(=O)N(C)C1CCC1. The van der Waals surface area contributed by atoms with Gasteiger partial charge in [-0.15, -0.1) is 12.6 Å². The molecule has 0 N–H and O–H groups in total. The first kappa shape index (κ1) is 11.5. The average Bonchev–Trinajstić information content (AvgIpc) is 2.18. The Hall–Kier alpha value is -0.960. The second kappa shape index (κ2) is 4.50. The third-order valence-corrected chi connectivity index (χ3v) is 3.67. The summed E-state index contributed by atoms with van der Waals surface area (Å²) in [5.74, 6) is 0.123. The molecule has 1 aliphatic carbocycles. The van der Waals surface area contributed by atoms with Crippen LogP contribution in [0.5, 0.6) is 0 Å². The summed E-state index contributed by atoms with van der Waals surface area (Å²) in [6, 6.07) is 6.16. The first-order valence-corrected chi connectivity index (χ1v) is 6.11. The van der Waals surface area contributed by atoms with Crippen LogP contribution in [0, 0.1) is 6.92 Å². The van der Waals surface area contributed by atoms with E-state index in [1.54, 1.807) is 0 Å². The van der Waals surface area contributed by atoms with Gasteiger partial charge in [-0.3, -0.25) is 4.79 Å². The van der Waals surface area contributed by atoms with Crippen LogP contribution < -0.4 is 0 Å². The van der Waals surface area contributed by atoms with Crippen molar-refractivity contribution < 1.29 is 4.79 Å². The van der Waals surface area contributed by atoms with Gasteiger partial charge in [0.1, 0.15) is 0 Å². The quantitative estimate of drug-likeness (QED) is 0.782. The Morgan fingerprint density at radius 2 is 2.12 bits per heavy atom. The molecule has 1 fully saturated rings. The lowest BCUT2D eigenvalue weighted by molar-refractivity contribution is 0.0651. The first-order chi connectivity index (χ1) is 7.59. The fraction of sp³-hybridized carbons (Fsp3) is 0.462. The van der Waals surface area contributed by atoms with Gasteiger partial charge in [0.05, 0.1) is 0 Å². The zero-order valence-electron chi connectivity index (χ0n) is 9.73. The monoisotopic (exact) mass is 235 g/mol. The molecule has 86 valence electrons. The lowest BCUT2D eigenvalue weighted by Crippen LogP contribution is -2.41. The van der Waals surface area contributed by atoms with Crippen molar-refractivity contribution in [2.45, 2.75) is 37.1 Å². The smallest absolute Gasteiger partial charge is 0.254 e. The van der Waals surface area contributed by atoms with E-state index < -0.39 is 0 Å². The summed E-state index contributed by atoms with van der Waals surface area (Å²) >= 11 is 4.28. The highest BCUT2D eigenvalue weighted by molar-refractivity contribution is 7.80. The molecule has 0 unspecified atom stereocenters.